The van der Waals surface area contributed by atoms with Crippen molar-refractivity contribution in [3.63, 3.8) is 0 Å². The molecule has 0 radical (unpaired) electrons. The lowest BCUT2D eigenvalue weighted by atomic mass is 10.8. The summed E-state index contributed by atoms with van der Waals surface area (Å²) in [6.45, 7) is 6.73. The summed E-state index contributed by atoms with van der Waals surface area (Å²) in [6, 6.07) is 0. The molecule has 0 amide bonds. The monoisotopic (exact) mass is 115 g/mol. The summed E-state index contributed by atoms with van der Waals surface area (Å²) in [5.74, 6) is 2.66. The average Bonchev–Trinajstić information content (AvgIpc) is 1.30. The normalized spacial score (nSPS) is 10.6. The molecule has 1 heteroatoms. The summed E-state index contributed by atoms with van der Waals surface area (Å²) >= 11 is 0. The molecule has 0 saturated carbocycles. The fourth-order valence-corrected chi connectivity index (χ4v) is 0.822. The summed E-state index contributed by atoms with van der Waals surface area (Å²) in [5, 5.41) is 0. The van der Waals surface area contributed by atoms with Crippen LogP contribution in [-0.2, 0) is 0 Å². The van der Waals surface area contributed by atoms with E-state index < -0.39 is 7.26 Å². The molecule has 0 bridgehead atoms. The van der Waals surface area contributed by atoms with Gasteiger partial charge in [0.15, 0.2) is 0 Å². The van der Waals surface area contributed by atoms with Crippen LogP contribution in [0.2, 0.25) is 0 Å². The van der Waals surface area contributed by atoms with Crippen molar-refractivity contribution in [1.29, 1.82) is 0 Å². The highest BCUT2D eigenvalue weighted by Crippen LogP contribution is 2.45. The van der Waals surface area contributed by atoms with Crippen LogP contribution in [-0.4, -0.2) is 26.2 Å². The van der Waals surface area contributed by atoms with Crippen LogP contribution in [0.5, 0.6) is 0 Å². The van der Waals surface area contributed by atoms with Crippen molar-refractivity contribution in [2.24, 2.45) is 0 Å². The largest absolute Gasteiger partial charge is 0.118 e. The molecule has 0 aromatic rings. The number of hydrogen-bond acceptors (Lipinski definition) is 0. The first-order valence-electron chi connectivity index (χ1n) is 2.30. The number of terminal acetylenes is 1. The van der Waals surface area contributed by atoms with E-state index in [-0.39, 0.29) is 0 Å². The average molecular weight is 115 g/mol. The summed E-state index contributed by atoms with van der Waals surface area (Å²) in [6.07, 6.45) is 6.07. The quantitative estimate of drug-likeness (QED) is 0.359. The first-order chi connectivity index (χ1) is 3.06. The van der Waals surface area contributed by atoms with Gasteiger partial charge in [0.05, 0.1) is 0 Å². The summed E-state index contributed by atoms with van der Waals surface area (Å²) < 4.78 is 0. The van der Waals surface area contributed by atoms with Gasteiger partial charge in [-0.2, -0.15) is 0 Å². The Labute approximate surface area is 46.6 Å². The Bertz CT molecular complexity index is 81.3. The molecule has 0 aromatic carbocycles. The van der Waals surface area contributed by atoms with E-state index in [0.29, 0.717) is 0 Å². The lowest BCUT2D eigenvalue weighted by Gasteiger charge is -2.04. The first kappa shape index (κ1) is 6.99. The minimum Gasteiger partial charge on any atom is -0.116 e. The summed E-state index contributed by atoms with van der Waals surface area (Å²) in [4.78, 5) is 0. The Morgan fingerprint density at radius 1 is 1.43 bits per heavy atom. The predicted octanol–water partition coefficient (Wildman–Crippen LogP) is 1.53. The topological polar surface area (TPSA) is 0 Å². The maximum absolute atomic E-state index is 5.09. The van der Waals surface area contributed by atoms with E-state index in [1.165, 1.54) is 0 Å². The first-order valence-corrected chi connectivity index (χ1v) is 5.62. The van der Waals surface area contributed by atoms with Crippen LogP contribution in [0.3, 0.4) is 0 Å². The molecule has 0 saturated heterocycles. The van der Waals surface area contributed by atoms with Crippen molar-refractivity contribution >= 4 is 7.26 Å². The third-order valence-electron chi connectivity index (χ3n) is 0.566. The lowest BCUT2D eigenvalue weighted by molar-refractivity contribution is 1.77. The molecule has 0 unspecified atom stereocenters. The molecule has 0 spiro atoms. The standard InChI is InChI=1S/C6H12P/c1-5-6-7(2,3)4/h1H,6H2,2-4H3/q+1. The van der Waals surface area contributed by atoms with Gasteiger partial charge in [-0.25, -0.2) is 0 Å². The van der Waals surface area contributed by atoms with Gasteiger partial charge in [0.25, 0.3) is 0 Å². The molecule has 0 nitrogen and oxygen atoms in total. The second-order valence-corrected chi connectivity index (χ2v) is 7.55. The van der Waals surface area contributed by atoms with Crippen LogP contribution < -0.4 is 0 Å². The zero-order valence-electron chi connectivity index (χ0n) is 5.23. The Kier molecular flexibility index (Phi) is 2.33. The van der Waals surface area contributed by atoms with Crippen molar-refractivity contribution in [2.45, 2.75) is 0 Å². The number of hydrogen-bond donors (Lipinski definition) is 0. The summed E-state index contributed by atoms with van der Waals surface area (Å²) in [7, 11) is -0.652. The van der Waals surface area contributed by atoms with E-state index in [4.69, 9.17) is 6.42 Å². The molecule has 0 atom stereocenters. The highest BCUT2D eigenvalue weighted by molar-refractivity contribution is 7.73. The van der Waals surface area contributed by atoms with Gasteiger partial charge in [-0.1, -0.05) is 5.92 Å². The van der Waals surface area contributed by atoms with E-state index in [0.717, 1.165) is 6.16 Å². The van der Waals surface area contributed by atoms with Crippen LogP contribution in [0.25, 0.3) is 0 Å². The summed E-state index contributed by atoms with van der Waals surface area (Å²) in [5.41, 5.74) is 0. The van der Waals surface area contributed by atoms with Crippen molar-refractivity contribution in [3.8, 4) is 12.3 Å². The maximum atomic E-state index is 5.09. The third-order valence-corrected chi connectivity index (χ3v) is 1.70. The zero-order chi connectivity index (χ0) is 5.91. The zero-order valence-corrected chi connectivity index (χ0v) is 6.13. The van der Waals surface area contributed by atoms with Gasteiger partial charge in [0.2, 0.25) is 0 Å². The molecule has 0 rings (SSSR count). The highest BCUT2D eigenvalue weighted by atomic mass is 31.2. The van der Waals surface area contributed by atoms with Crippen molar-refractivity contribution in [3.05, 3.63) is 0 Å². The molecule has 0 aliphatic carbocycles. The minimum atomic E-state index is -0.652. The van der Waals surface area contributed by atoms with E-state index in [2.05, 4.69) is 25.9 Å². The SMILES string of the molecule is C#CC[P+](C)(C)C. The Morgan fingerprint density at radius 2 is 1.86 bits per heavy atom. The van der Waals surface area contributed by atoms with Crippen molar-refractivity contribution in [1.82, 2.24) is 0 Å². The van der Waals surface area contributed by atoms with Gasteiger partial charge in [-0.3, -0.25) is 0 Å². The van der Waals surface area contributed by atoms with Crippen LogP contribution in [0, 0.1) is 12.3 Å². The van der Waals surface area contributed by atoms with Gasteiger partial charge >= 0.3 is 0 Å². The van der Waals surface area contributed by atoms with Crippen molar-refractivity contribution in [2.75, 3.05) is 26.2 Å². The second-order valence-electron chi connectivity index (χ2n) is 2.65. The Morgan fingerprint density at radius 3 is 1.86 bits per heavy atom. The smallest absolute Gasteiger partial charge is 0.116 e. The van der Waals surface area contributed by atoms with Gasteiger partial charge in [0, 0.05) is 27.3 Å². The lowest BCUT2D eigenvalue weighted by Crippen LogP contribution is -1.87. The molecular formula is C6H12P+. The molecule has 0 aromatic heterocycles. The second kappa shape index (κ2) is 2.34. The Balaban J connectivity index is 3.40. The molecule has 0 heterocycles. The van der Waals surface area contributed by atoms with Crippen LogP contribution in [0.15, 0.2) is 0 Å². The van der Waals surface area contributed by atoms with Crippen LogP contribution in [0.4, 0.5) is 0 Å². The van der Waals surface area contributed by atoms with E-state index in [9.17, 15) is 0 Å². The molecule has 0 N–H and O–H groups in total. The number of rotatable bonds is 1. The van der Waals surface area contributed by atoms with Gasteiger partial charge in [0.1, 0.15) is 6.16 Å². The fraction of sp³-hybridized carbons (Fsp3) is 0.667. The predicted molar refractivity (Wildman–Crippen MR) is 38.4 cm³/mol. The van der Waals surface area contributed by atoms with Crippen LogP contribution in [0.1, 0.15) is 0 Å². The minimum absolute atomic E-state index is 0.652. The molecule has 0 aliphatic heterocycles. The van der Waals surface area contributed by atoms with Gasteiger partial charge in [-0.05, 0) is 0 Å². The molecule has 0 fully saturated rings. The van der Waals surface area contributed by atoms with Gasteiger partial charge in [-0.15, -0.1) is 6.42 Å². The van der Waals surface area contributed by atoms with E-state index in [1.807, 2.05) is 0 Å². The Hall–Kier alpha value is -0.0100. The highest BCUT2D eigenvalue weighted by Gasteiger charge is 2.13. The van der Waals surface area contributed by atoms with Crippen molar-refractivity contribution < 1.29 is 0 Å². The molecule has 40 valence electrons. The van der Waals surface area contributed by atoms with E-state index >= 15 is 0 Å². The third kappa shape index (κ3) is 5.99. The van der Waals surface area contributed by atoms with Crippen LogP contribution >= 0.6 is 7.26 Å². The molecule has 7 heavy (non-hydrogen) atoms. The fourth-order valence-electron chi connectivity index (χ4n) is 0.274. The van der Waals surface area contributed by atoms with Gasteiger partial charge < -0.3 is 0 Å². The molecular weight excluding hydrogens is 103 g/mol. The maximum Gasteiger partial charge on any atom is 0.118 e. The molecule has 0 aliphatic rings. The van der Waals surface area contributed by atoms with E-state index in [1.54, 1.807) is 0 Å².